The van der Waals surface area contributed by atoms with Gasteiger partial charge in [0.25, 0.3) is 5.56 Å². The molecule has 0 amide bonds. The van der Waals surface area contributed by atoms with Crippen LogP contribution in [0.5, 0.6) is 0 Å². The van der Waals surface area contributed by atoms with Crippen molar-refractivity contribution in [3.8, 4) is 0 Å². The molecule has 0 radical (unpaired) electrons. The van der Waals surface area contributed by atoms with E-state index in [0.717, 1.165) is 0 Å². The highest BCUT2D eigenvalue weighted by atomic mass is 28.4. The van der Waals surface area contributed by atoms with Crippen molar-refractivity contribution in [2.45, 2.75) is 70.7 Å². The number of nitrogens with one attached hydrogen (secondary N) is 1. The summed E-state index contributed by atoms with van der Waals surface area (Å²) in [5, 5.41) is 10.4. The number of hydrogen-bond donors (Lipinski definition) is 2. The van der Waals surface area contributed by atoms with Crippen LogP contribution in [0, 0.1) is 6.92 Å². The first-order valence-electron chi connectivity index (χ1n) is 8.22. The van der Waals surface area contributed by atoms with Gasteiger partial charge in [0.2, 0.25) is 0 Å². The molecule has 2 N–H and O–H groups in total. The molecule has 0 spiro atoms. The minimum atomic E-state index is -1.90. The lowest BCUT2D eigenvalue weighted by Gasteiger charge is -2.36. The fourth-order valence-electron chi connectivity index (χ4n) is 2.38. The Hall–Kier alpha value is -1.22. The van der Waals surface area contributed by atoms with Gasteiger partial charge in [0.05, 0.1) is 12.7 Å². The summed E-state index contributed by atoms with van der Waals surface area (Å²) in [6.45, 7) is 12.8. The predicted molar refractivity (Wildman–Crippen MR) is 93.7 cm³/mol. The van der Waals surface area contributed by atoms with E-state index in [2.05, 4.69) is 38.8 Å². The maximum atomic E-state index is 12.0. The number of aliphatic hydroxyl groups is 1. The fraction of sp³-hybridized carbons (Fsp3) is 0.750. The highest BCUT2D eigenvalue weighted by molar-refractivity contribution is 6.74. The van der Waals surface area contributed by atoms with Gasteiger partial charge >= 0.3 is 5.69 Å². The van der Waals surface area contributed by atoms with Gasteiger partial charge in [-0.3, -0.25) is 14.3 Å². The molecule has 1 aliphatic heterocycles. The summed E-state index contributed by atoms with van der Waals surface area (Å²) in [5.41, 5.74) is -0.617. The number of nitrogens with zero attached hydrogens (tertiary/aromatic N) is 1. The van der Waals surface area contributed by atoms with Crippen LogP contribution in [0.4, 0.5) is 0 Å². The van der Waals surface area contributed by atoms with Gasteiger partial charge in [-0.15, -0.1) is 0 Å². The molecule has 1 aliphatic rings. The lowest BCUT2D eigenvalue weighted by Crippen LogP contribution is -2.42. The molecule has 1 saturated heterocycles. The third kappa shape index (κ3) is 3.88. The van der Waals surface area contributed by atoms with E-state index in [1.165, 1.54) is 10.8 Å². The molecular weight excluding hydrogens is 328 g/mol. The van der Waals surface area contributed by atoms with Gasteiger partial charge in [0.1, 0.15) is 6.10 Å². The molecule has 0 bridgehead atoms. The smallest absolute Gasteiger partial charge is 0.330 e. The summed E-state index contributed by atoms with van der Waals surface area (Å²) in [6, 6.07) is 0. The van der Waals surface area contributed by atoms with Crippen LogP contribution in [0.3, 0.4) is 0 Å². The fourth-order valence-corrected chi connectivity index (χ4v) is 3.42. The third-order valence-corrected chi connectivity index (χ3v) is 9.52. The molecule has 7 nitrogen and oxygen atoms in total. The van der Waals surface area contributed by atoms with Gasteiger partial charge < -0.3 is 14.3 Å². The first-order valence-corrected chi connectivity index (χ1v) is 11.1. The monoisotopic (exact) mass is 356 g/mol. The van der Waals surface area contributed by atoms with Crippen molar-refractivity contribution < 1.29 is 14.3 Å². The zero-order valence-electron chi connectivity index (χ0n) is 15.3. The van der Waals surface area contributed by atoms with Gasteiger partial charge in [0.15, 0.2) is 14.5 Å². The summed E-state index contributed by atoms with van der Waals surface area (Å²) in [4.78, 5) is 25.7. The Morgan fingerprint density at radius 2 is 2.04 bits per heavy atom. The molecule has 136 valence electrons. The van der Waals surface area contributed by atoms with Crippen molar-refractivity contribution in [2.24, 2.45) is 0 Å². The topological polar surface area (TPSA) is 93.6 Å². The van der Waals surface area contributed by atoms with Crippen LogP contribution in [0.15, 0.2) is 15.8 Å². The Morgan fingerprint density at radius 3 is 2.62 bits per heavy atom. The Morgan fingerprint density at radius 1 is 1.42 bits per heavy atom. The van der Waals surface area contributed by atoms with Crippen molar-refractivity contribution in [3.63, 3.8) is 0 Å². The zero-order valence-corrected chi connectivity index (χ0v) is 16.3. The predicted octanol–water partition coefficient (Wildman–Crippen LogP) is 1.52. The van der Waals surface area contributed by atoms with E-state index in [9.17, 15) is 14.7 Å². The molecule has 24 heavy (non-hydrogen) atoms. The van der Waals surface area contributed by atoms with Crippen molar-refractivity contribution >= 4 is 8.32 Å². The molecular formula is C16H28N2O5Si. The Labute approximate surface area is 142 Å². The quantitative estimate of drug-likeness (QED) is 0.798. The number of H-pyrrole nitrogens is 1. The number of aliphatic hydroxyl groups excluding tert-OH is 1. The number of aromatic nitrogens is 2. The first kappa shape index (κ1) is 19.1. The number of ether oxygens (including phenoxy) is 1. The van der Waals surface area contributed by atoms with E-state index in [4.69, 9.17) is 9.16 Å². The minimum Gasteiger partial charge on any atom is -0.414 e. The largest absolute Gasteiger partial charge is 0.414 e. The second-order valence-electron chi connectivity index (χ2n) is 8.00. The summed E-state index contributed by atoms with van der Waals surface area (Å²) in [7, 11) is -1.90. The van der Waals surface area contributed by atoms with E-state index < -0.39 is 31.9 Å². The van der Waals surface area contributed by atoms with E-state index in [1.807, 2.05) is 0 Å². The van der Waals surface area contributed by atoms with E-state index in [-0.39, 0.29) is 11.1 Å². The van der Waals surface area contributed by atoms with Crippen LogP contribution in [-0.4, -0.2) is 41.8 Å². The molecule has 0 aliphatic carbocycles. The molecule has 1 aromatic rings. The SMILES string of the molecule is Cc1cn([C@@H]2O[C@H](CO[Si](C)(C)C(C)(C)C)C[C@@H]2O)c(=O)[nH]c1=O. The van der Waals surface area contributed by atoms with Gasteiger partial charge in [-0.2, -0.15) is 0 Å². The highest BCUT2D eigenvalue weighted by Crippen LogP contribution is 2.37. The van der Waals surface area contributed by atoms with Gasteiger partial charge in [0, 0.05) is 18.2 Å². The molecule has 1 aromatic heterocycles. The lowest BCUT2D eigenvalue weighted by atomic mass is 10.2. The molecule has 1 fully saturated rings. The zero-order chi connectivity index (χ0) is 18.3. The molecule has 0 saturated carbocycles. The lowest BCUT2D eigenvalue weighted by molar-refractivity contribution is -0.0516. The van der Waals surface area contributed by atoms with Crippen molar-refractivity contribution in [2.75, 3.05) is 6.61 Å². The van der Waals surface area contributed by atoms with E-state index >= 15 is 0 Å². The standard InChI is InChI=1S/C16H28N2O5Si/c1-10-8-18(15(21)17-13(10)20)14-12(19)7-11(23-14)9-22-24(5,6)16(2,3)4/h8,11-12,14,19H,7,9H2,1-6H3,(H,17,20,21)/t11-,12-,14+/m0/s1. The van der Waals surface area contributed by atoms with Crippen LogP contribution in [0.25, 0.3) is 0 Å². The van der Waals surface area contributed by atoms with Crippen molar-refractivity contribution in [1.29, 1.82) is 0 Å². The second kappa shape index (κ2) is 6.59. The number of aromatic amines is 1. The number of aryl methyl sites for hydroxylation is 1. The average Bonchev–Trinajstić information content (AvgIpc) is 2.80. The maximum absolute atomic E-state index is 12.0. The van der Waals surface area contributed by atoms with Crippen LogP contribution in [0.2, 0.25) is 18.1 Å². The Balaban J connectivity index is 2.09. The molecule has 2 rings (SSSR count). The van der Waals surface area contributed by atoms with Crippen LogP contribution < -0.4 is 11.2 Å². The average molecular weight is 356 g/mol. The summed E-state index contributed by atoms with van der Waals surface area (Å²) >= 11 is 0. The van der Waals surface area contributed by atoms with E-state index in [0.29, 0.717) is 18.6 Å². The molecule has 3 atom stereocenters. The van der Waals surface area contributed by atoms with Gasteiger partial charge in [-0.05, 0) is 25.1 Å². The number of hydrogen-bond acceptors (Lipinski definition) is 5. The van der Waals surface area contributed by atoms with Gasteiger partial charge in [-0.1, -0.05) is 20.8 Å². The Kier molecular flexibility index (Phi) is 5.24. The van der Waals surface area contributed by atoms with Gasteiger partial charge in [-0.25, -0.2) is 4.79 Å². The van der Waals surface area contributed by atoms with E-state index in [1.54, 1.807) is 6.92 Å². The molecule has 8 heteroatoms. The third-order valence-electron chi connectivity index (χ3n) is 5.02. The second-order valence-corrected chi connectivity index (χ2v) is 12.8. The minimum absolute atomic E-state index is 0.0938. The summed E-state index contributed by atoms with van der Waals surface area (Å²) in [5.74, 6) is 0. The van der Waals surface area contributed by atoms with Crippen LogP contribution in [-0.2, 0) is 9.16 Å². The van der Waals surface area contributed by atoms with Crippen molar-refractivity contribution in [3.05, 3.63) is 32.6 Å². The summed E-state index contributed by atoms with van der Waals surface area (Å²) < 4.78 is 13.2. The van der Waals surface area contributed by atoms with Crippen LogP contribution >= 0.6 is 0 Å². The maximum Gasteiger partial charge on any atom is 0.330 e. The molecule has 2 heterocycles. The normalized spacial score (nSPS) is 25.2. The number of rotatable bonds is 4. The highest BCUT2D eigenvalue weighted by Gasteiger charge is 2.40. The summed E-state index contributed by atoms with van der Waals surface area (Å²) in [6.07, 6.45) is -0.0869. The van der Waals surface area contributed by atoms with Crippen molar-refractivity contribution in [1.82, 2.24) is 9.55 Å². The molecule has 0 aromatic carbocycles. The molecule has 0 unspecified atom stereocenters. The Bertz CT molecular complexity index is 704. The van der Waals surface area contributed by atoms with Crippen LogP contribution in [0.1, 0.15) is 39.0 Å². The first-order chi connectivity index (χ1) is 10.9.